The molecule has 2 heterocycles. The van der Waals surface area contributed by atoms with Gasteiger partial charge in [0.25, 0.3) is 5.91 Å². The van der Waals surface area contributed by atoms with Crippen molar-refractivity contribution in [3.8, 4) is 0 Å². The summed E-state index contributed by atoms with van der Waals surface area (Å²) in [5, 5.41) is 3.84. The maximum atomic E-state index is 11.6. The number of hydrazone groups is 1. The monoisotopic (exact) mass is 297 g/mol. The average molecular weight is 298 g/mol. The third kappa shape index (κ3) is 2.76. The first-order chi connectivity index (χ1) is 8.06. The lowest BCUT2D eigenvalue weighted by molar-refractivity contribution is -0.116. The summed E-state index contributed by atoms with van der Waals surface area (Å²) in [5.74, 6) is 0.0714. The molecule has 1 amide bonds. The minimum Gasteiger partial charge on any atom is -0.473 e. The quantitative estimate of drug-likeness (QED) is 0.820. The van der Waals surface area contributed by atoms with Gasteiger partial charge in [0.15, 0.2) is 0 Å². The molecule has 0 fully saturated rings. The third-order valence-electron chi connectivity index (χ3n) is 2.05. The van der Waals surface area contributed by atoms with Crippen molar-refractivity contribution in [3.63, 3.8) is 0 Å². The molecule has 0 bridgehead atoms. The van der Waals surface area contributed by atoms with Gasteiger partial charge < -0.3 is 9.72 Å². The fourth-order valence-corrected chi connectivity index (χ4v) is 1.74. The average Bonchev–Trinajstić information content (AvgIpc) is 2.78. The number of hydrogen-bond donors (Lipinski definition) is 2. The minimum atomic E-state index is -0.258. The first-order valence-corrected chi connectivity index (χ1v) is 5.96. The van der Waals surface area contributed by atoms with Gasteiger partial charge in [0.1, 0.15) is 5.57 Å². The third-order valence-corrected chi connectivity index (χ3v) is 2.51. The van der Waals surface area contributed by atoms with Gasteiger partial charge in [-0.15, -0.1) is 5.10 Å². The van der Waals surface area contributed by atoms with E-state index < -0.39 is 0 Å². The van der Waals surface area contributed by atoms with Gasteiger partial charge in [0.05, 0.1) is 6.10 Å². The first-order valence-electron chi connectivity index (χ1n) is 5.17. The molecule has 0 spiro atoms. The van der Waals surface area contributed by atoms with Gasteiger partial charge in [0.2, 0.25) is 5.90 Å². The van der Waals surface area contributed by atoms with E-state index in [-0.39, 0.29) is 12.0 Å². The molecule has 0 aliphatic carbocycles. The Balaban J connectivity index is 2.26. The van der Waals surface area contributed by atoms with Crippen LogP contribution in [0.5, 0.6) is 0 Å². The van der Waals surface area contributed by atoms with Crippen LogP contribution in [-0.4, -0.2) is 22.9 Å². The van der Waals surface area contributed by atoms with Crippen molar-refractivity contribution in [3.05, 3.63) is 28.0 Å². The predicted molar refractivity (Wildman–Crippen MR) is 68.3 cm³/mol. The predicted octanol–water partition coefficient (Wildman–Crippen LogP) is 2.03. The highest BCUT2D eigenvalue weighted by molar-refractivity contribution is 9.10. The highest BCUT2D eigenvalue weighted by Crippen LogP contribution is 2.16. The fourth-order valence-electron chi connectivity index (χ4n) is 1.38. The number of carbonyl (C=O) groups excluding carboxylic acids is 1. The van der Waals surface area contributed by atoms with Gasteiger partial charge in [-0.25, -0.2) is 5.43 Å². The Morgan fingerprint density at radius 2 is 2.29 bits per heavy atom. The molecule has 1 aliphatic rings. The molecule has 1 aromatic rings. The molecule has 2 N–H and O–H groups in total. The van der Waals surface area contributed by atoms with E-state index in [1.165, 1.54) is 0 Å². The maximum Gasteiger partial charge on any atom is 0.277 e. The number of hydrogen-bond acceptors (Lipinski definition) is 3. The van der Waals surface area contributed by atoms with E-state index in [1.807, 2.05) is 19.9 Å². The Kier molecular flexibility index (Phi) is 3.33. The number of aromatic amines is 1. The maximum absolute atomic E-state index is 11.6. The van der Waals surface area contributed by atoms with Crippen molar-refractivity contribution in [2.24, 2.45) is 5.10 Å². The molecule has 5 nitrogen and oxygen atoms in total. The number of nitrogens with one attached hydrogen (secondary N) is 2. The lowest BCUT2D eigenvalue weighted by Gasteiger charge is -2.08. The Morgan fingerprint density at radius 3 is 2.88 bits per heavy atom. The second-order valence-electron chi connectivity index (χ2n) is 3.86. The van der Waals surface area contributed by atoms with Crippen LogP contribution in [0.25, 0.3) is 6.08 Å². The molecular formula is C11H12BrN3O2. The molecule has 0 aromatic carbocycles. The normalized spacial score (nSPS) is 17.5. The van der Waals surface area contributed by atoms with E-state index >= 15 is 0 Å². The lowest BCUT2D eigenvalue weighted by atomic mass is 10.2. The van der Waals surface area contributed by atoms with Crippen LogP contribution < -0.4 is 5.43 Å². The number of rotatable bonds is 2. The molecule has 0 radical (unpaired) electrons. The van der Waals surface area contributed by atoms with E-state index in [2.05, 4.69) is 31.4 Å². The van der Waals surface area contributed by atoms with Crippen molar-refractivity contribution in [1.29, 1.82) is 0 Å². The molecule has 0 saturated carbocycles. The Bertz CT molecular complexity index is 503. The van der Waals surface area contributed by atoms with Gasteiger partial charge in [-0.3, -0.25) is 4.79 Å². The second kappa shape index (κ2) is 4.75. The lowest BCUT2D eigenvalue weighted by Crippen LogP contribution is -2.16. The standard InChI is InChI=1S/C11H12BrN3O2/c1-6(2)17-11-9(10(16)14-15-11)4-8-3-7(12)5-13-8/h3-6,13H,1-2H3,(H,14,16). The summed E-state index contributed by atoms with van der Waals surface area (Å²) in [6.07, 6.45) is 3.47. The summed E-state index contributed by atoms with van der Waals surface area (Å²) in [6.45, 7) is 3.77. The summed E-state index contributed by atoms with van der Waals surface area (Å²) in [7, 11) is 0. The number of amides is 1. The summed E-state index contributed by atoms with van der Waals surface area (Å²) >= 11 is 3.33. The largest absolute Gasteiger partial charge is 0.473 e. The van der Waals surface area contributed by atoms with Gasteiger partial charge >= 0.3 is 0 Å². The summed E-state index contributed by atoms with van der Waals surface area (Å²) in [5.41, 5.74) is 3.62. The Morgan fingerprint density at radius 1 is 1.53 bits per heavy atom. The van der Waals surface area contributed by atoms with Crippen LogP contribution in [-0.2, 0) is 9.53 Å². The van der Waals surface area contributed by atoms with Gasteiger partial charge in [-0.1, -0.05) is 0 Å². The van der Waals surface area contributed by atoms with Crippen LogP contribution in [0, 0.1) is 0 Å². The highest BCUT2D eigenvalue weighted by Gasteiger charge is 2.25. The summed E-state index contributed by atoms with van der Waals surface area (Å²) in [6, 6.07) is 1.87. The van der Waals surface area contributed by atoms with Crippen LogP contribution in [0.15, 0.2) is 27.4 Å². The zero-order chi connectivity index (χ0) is 12.4. The van der Waals surface area contributed by atoms with Crippen LogP contribution in [0.3, 0.4) is 0 Å². The van der Waals surface area contributed by atoms with E-state index in [4.69, 9.17) is 4.74 Å². The van der Waals surface area contributed by atoms with Crippen LogP contribution in [0.1, 0.15) is 19.5 Å². The van der Waals surface area contributed by atoms with Gasteiger partial charge in [-0.05, 0) is 41.9 Å². The molecular weight excluding hydrogens is 286 g/mol. The molecule has 2 rings (SSSR count). The van der Waals surface area contributed by atoms with Crippen molar-refractivity contribution in [2.45, 2.75) is 20.0 Å². The second-order valence-corrected chi connectivity index (χ2v) is 4.77. The summed E-state index contributed by atoms with van der Waals surface area (Å²) < 4.78 is 6.37. The Hall–Kier alpha value is -1.56. The van der Waals surface area contributed by atoms with E-state index in [0.29, 0.717) is 11.5 Å². The van der Waals surface area contributed by atoms with E-state index in [9.17, 15) is 4.79 Å². The topological polar surface area (TPSA) is 66.5 Å². The molecule has 1 aromatic heterocycles. The molecule has 0 atom stereocenters. The zero-order valence-electron chi connectivity index (χ0n) is 9.45. The van der Waals surface area contributed by atoms with Gasteiger partial charge in [0, 0.05) is 16.4 Å². The van der Waals surface area contributed by atoms with Crippen molar-refractivity contribution < 1.29 is 9.53 Å². The number of halogens is 1. The summed E-state index contributed by atoms with van der Waals surface area (Å²) in [4.78, 5) is 14.6. The van der Waals surface area contributed by atoms with Gasteiger partial charge in [-0.2, -0.15) is 0 Å². The number of nitrogens with zero attached hydrogens (tertiary/aromatic N) is 1. The zero-order valence-corrected chi connectivity index (χ0v) is 11.0. The smallest absolute Gasteiger partial charge is 0.277 e. The van der Waals surface area contributed by atoms with Crippen LogP contribution in [0.4, 0.5) is 0 Å². The van der Waals surface area contributed by atoms with Crippen molar-refractivity contribution in [2.75, 3.05) is 0 Å². The molecule has 0 saturated heterocycles. The molecule has 0 unspecified atom stereocenters. The van der Waals surface area contributed by atoms with Crippen molar-refractivity contribution in [1.82, 2.24) is 10.4 Å². The highest BCUT2D eigenvalue weighted by atomic mass is 79.9. The number of ether oxygens (including phenoxy) is 1. The SMILES string of the molecule is CC(C)OC1=NNC(=O)C1=Cc1cc(Br)c[nH]1. The Labute approximate surface area is 107 Å². The first kappa shape index (κ1) is 11.9. The molecule has 17 heavy (non-hydrogen) atoms. The van der Waals surface area contributed by atoms with E-state index in [1.54, 1.807) is 12.3 Å². The van der Waals surface area contributed by atoms with E-state index in [0.717, 1.165) is 10.2 Å². The van der Waals surface area contributed by atoms with Crippen LogP contribution >= 0.6 is 15.9 Å². The molecule has 90 valence electrons. The van der Waals surface area contributed by atoms with Crippen LogP contribution in [0.2, 0.25) is 0 Å². The molecule has 1 aliphatic heterocycles. The number of H-pyrrole nitrogens is 1. The molecule has 6 heteroatoms. The number of aromatic nitrogens is 1. The number of carbonyl (C=O) groups is 1. The fraction of sp³-hybridized carbons (Fsp3) is 0.273. The minimum absolute atomic E-state index is 0.0276. The van der Waals surface area contributed by atoms with Crippen molar-refractivity contribution >= 4 is 33.8 Å².